The van der Waals surface area contributed by atoms with E-state index in [1.807, 2.05) is 12.1 Å². The number of likely N-dealkylation sites (tertiary alicyclic amines) is 1. The van der Waals surface area contributed by atoms with E-state index >= 15 is 0 Å². The minimum Gasteiger partial charge on any atom is -0.373 e. The second-order valence-corrected chi connectivity index (χ2v) is 7.29. The summed E-state index contributed by atoms with van der Waals surface area (Å²) < 4.78 is 6.21. The van der Waals surface area contributed by atoms with Crippen LogP contribution in [-0.2, 0) is 16.9 Å². The molecule has 0 aromatic carbocycles. The lowest BCUT2D eigenvalue weighted by atomic mass is 9.62. The number of nitrogens with two attached hydrogens (primary N) is 1. The molecule has 1 amide bonds. The van der Waals surface area contributed by atoms with E-state index in [1.165, 1.54) is 6.42 Å². The number of hydrogen-bond donors (Lipinski definition) is 2. The highest BCUT2D eigenvalue weighted by atomic mass is 16.5. The van der Waals surface area contributed by atoms with Gasteiger partial charge in [-0.15, -0.1) is 5.10 Å². The molecule has 0 radical (unpaired) electrons. The van der Waals surface area contributed by atoms with Crippen molar-refractivity contribution in [2.24, 2.45) is 17.6 Å². The first-order valence-corrected chi connectivity index (χ1v) is 9.02. The van der Waals surface area contributed by atoms with Gasteiger partial charge in [0.05, 0.1) is 11.9 Å². The maximum absolute atomic E-state index is 11.6. The number of fused-ring (bicyclic) bond motifs is 2. The molecule has 8 heteroatoms. The summed E-state index contributed by atoms with van der Waals surface area (Å²) in [6, 6.07) is 3.78. The molecule has 2 bridgehead atoms. The predicted molar refractivity (Wildman–Crippen MR) is 93.9 cm³/mol. The number of hydrogen-bond acceptors (Lipinski definition) is 6. The summed E-state index contributed by atoms with van der Waals surface area (Å²) in [4.78, 5) is 18.1. The number of piperidine rings is 1. The molecule has 1 aliphatic heterocycles. The largest absolute Gasteiger partial charge is 0.373 e. The third-order valence-electron chi connectivity index (χ3n) is 5.94. The SMILES string of the molecule is COC1(c2ccnc(C(N)=O)c2)[C@@H]2CCC[C@H]1CN(Cc1cnn[nH]1)C2. The number of H-pyrrole nitrogens is 1. The monoisotopic (exact) mass is 356 g/mol. The van der Waals surface area contributed by atoms with Gasteiger partial charge in [-0.3, -0.25) is 19.8 Å². The van der Waals surface area contributed by atoms with Crippen LogP contribution >= 0.6 is 0 Å². The number of methoxy groups -OCH3 is 1. The highest BCUT2D eigenvalue weighted by molar-refractivity contribution is 5.90. The molecule has 3 atom stereocenters. The lowest BCUT2D eigenvalue weighted by Crippen LogP contribution is -2.58. The maximum atomic E-state index is 11.6. The van der Waals surface area contributed by atoms with Crippen LogP contribution in [0.3, 0.4) is 0 Å². The second kappa shape index (κ2) is 6.77. The molecule has 2 aromatic rings. The molecule has 26 heavy (non-hydrogen) atoms. The zero-order valence-electron chi connectivity index (χ0n) is 14.9. The van der Waals surface area contributed by atoms with Crippen LogP contribution in [0.5, 0.6) is 0 Å². The lowest BCUT2D eigenvalue weighted by molar-refractivity contribution is -0.170. The zero-order valence-corrected chi connectivity index (χ0v) is 14.9. The molecule has 2 fully saturated rings. The highest BCUT2D eigenvalue weighted by Gasteiger charge is 2.53. The Bertz CT molecular complexity index is 764. The summed E-state index contributed by atoms with van der Waals surface area (Å²) in [5.74, 6) is 0.186. The van der Waals surface area contributed by atoms with E-state index in [0.717, 1.165) is 43.7 Å². The van der Waals surface area contributed by atoms with Crippen LogP contribution in [0.4, 0.5) is 0 Å². The quantitative estimate of drug-likeness (QED) is 0.829. The van der Waals surface area contributed by atoms with Crippen LogP contribution < -0.4 is 5.73 Å². The number of nitrogens with one attached hydrogen (secondary N) is 1. The van der Waals surface area contributed by atoms with Gasteiger partial charge in [0, 0.05) is 44.8 Å². The Morgan fingerprint density at radius 1 is 1.42 bits per heavy atom. The van der Waals surface area contributed by atoms with Crippen LogP contribution in [0.15, 0.2) is 24.5 Å². The van der Waals surface area contributed by atoms with E-state index in [9.17, 15) is 4.79 Å². The smallest absolute Gasteiger partial charge is 0.267 e. The zero-order chi connectivity index (χ0) is 18.1. The Morgan fingerprint density at radius 3 is 2.81 bits per heavy atom. The number of ether oxygens (including phenoxy) is 1. The van der Waals surface area contributed by atoms with Crippen LogP contribution in [0.1, 0.15) is 41.0 Å². The van der Waals surface area contributed by atoms with Gasteiger partial charge in [0.25, 0.3) is 5.91 Å². The van der Waals surface area contributed by atoms with Crippen molar-refractivity contribution in [3.63, 3.8) is 0 Å². The van der Waals surface area contributed by atoms with Crippen LogP contribution in [-0.4, -0.2) is 51.4 Å². The molecule has 1 saturated heterocycles. The Morgan fingerprint density at radius 2 is 2.19 bits per heavy atom. The number of primary amides is 1. The number of rotatable bonds is 5. The van der Waals surface area contributed by atoms with Crippen LogP contribution in [0.25, 0.3) is 0 Å². The van der Waals surface area contributed by atoms with Crippen molar-refractivity contribution in [1.29, 1.82) is 0 Å². The topological polar surface area (TPSA) is 110 Å². The molecule has 2 aromatic heterocycles. The Balaban J connectivity index is 1.66. The standard InChI is InChI=1S/C18H24N6O2/c1-26-18(12-5-6-20-16(7-12)17(19)25)13-3-2-4-14(18)10-24(9-13)11-15-8-21-23-22-15/h5-8,13-14H,2-4,9-11H2,1H3,(H2,19,25)(H,21,22,23)/t13-,14+,18?. The van der Waals surface area contributed by atoms with Crippen molar-refractivity contribution in [3.8, 4) is 0 Å². The fourth-order valence-electron chi connectivity index (χ4n) is 4.92. The van der Waals surface area contributed by atoms with Gasteiger partial charge in [0.1, 0.15) is 11.3 Å². The second-order valence-electron chi connectivity index (χ2n) is 7.29. The van der Waals surface area contributed by atoms with E-state index in [4.69, 9.17) is 10.5 Å². The van der Waals surface area contributed by atoms with Crippen molar-refractivity contribution in [2.75, 3.05) is 20.2 Å². The molecule has 3 heterocycles. The molecule has 4 rings (SSSR count). The maximum Gasteiger partial charge on any atom is 0.267 e. The minimum atomic E-state index is -0.507. The highest BCUT2D eigenvalue weighted by Crippen LogP contribution is 2.51. The first-order chi connectivity index (χ1) is 12.6. The first-order valence-electron chi connectivity index (χ1n) is 9.02. The van der Waals surface area contributed by atoms with E-state index in [2.05, 4.69) is 25.3 Å². The van der Waals surface area contributed by atoms with Gasteiger partial charge < -0.3 is 10.5 Å². The summed E-state index contributed by atoms with van der Waals surface area (Å²) >= 11 is 0. The summed E-state index contributed by atoms with van der Waals surface area (Å²) in [6.07, 6.45) is 6.82. The molecule has 3 N–H and O–H groups in total. The van der Waals surface area contributed by atoms with Crippen molar-refractivity contribution in [2.45, 2.75) is 31.4 Å². The van der Waals surface area contributed by atoms with Gasteiger partial charge in [0.15, 0.2) is 0 Å². The van der Waals surface area contributed by atoms with Gasteiger partial charge in [-0.25, -0.2) is 0 Å². The average molecular weight is 356 g/mol. The Kier molecular flexibility index (Phi) is 4.46. The molecule has 138 valence electrons. The Labute approximate surface area is 152 Å². The molecular weight excluding hydrogens is 332 g/mol. The number of carbonyl (C=O) groups excluding carboxylic acids is 1. The predicted octanol–water partition coefficient (Wildman–Crippen LogP) is 1.07. The molecule has 0 spiro atoms. The number of nitrogens with zero attached hydrogens (tertiary/aromatic N) is 4. The van der Waals surface area contributed by atoms with Gasteiger partial charge in [-0.05, 0) is 30.5 Å². The molecule has 1 saturated carbocycles. The fourth-order valence-corrected chi connectivity index (χ4v) is 4.92. The normalized spacial score (nSPS) is 28.8. The van der Waals surface area contributed by atoms with E-state index in [1.54, 1.807) is 19.5 Å². The number of aromatic nitrogens is 4. The third kappa shape index (κ3) is 2.79. The van der Waals surface area contributed by atoms with Crippen LogP contribution in [0.2, 0.25) is 0 Å². The van der Waals surface area contributed by atoms with Crippen LogP contribution in [0, 0.1) is 11.8 Å². The summed E-state index contributed by atoms with van der Waals surface area (Å²) in [7, 11) is 1.78. The van der Waals surface area contributed by atoms with Crippen molar-refractivity contribution < 1.29 is 9.53 Å². The molecule has 1 aliphatic carbocycles. The number of pyridine rings is 1. The number of carbonyl (C=O) groups is 1. The van der Waals surface area contributed by atoms with E-state index in [-0.39, 0.29) is 0 Å². The lowest BCUT2D eigenvalue weighted by Gasteiger charge is -2.55. The number of amides is 1. The van der Waals surface area contributed by atoms with Gasteiger partial charge in [-0.2, -0.15) is 0 Å². The molecular formula is C18H24N6O2. The van der Waals surface area contributed by atoms with E-state index in [0.29, 0.717) is 17.5 Å². The van der Waals surface area contributed by atoms with Crippen molar-refractivity contribution >= 4 is 5.91 Å². The fraction of sp³-hybridized carbons (Fsp3) is 0.556. The third-order valence-corrected chi connectivity index (χ3v) is 5.94. The molecule has 2 aliphatic rings. The number of aromatic amines is 1. The van der Waals surface area contributed by atoms with Crippen molar-refractivity contribution in [3.05, 3.63) is 41.5 Å². The minimum absolute atomic E-state index is 0.294. The summed E-state index contributed by atoms with van der Waals surface area (Å²) in [5.41, 5.74) is 7.38. The first kappa shape index (κ1) is 17.1. The summed E-state index contributed by atoms with van der Waals surface area (Å²) in [5, 5.41) is 10.6. The molecule has 1 unspecified atom stereocenters. The van der Waals surface area contributed by atoms with Crippen molar-refractivity contribution in [1.82, 2.24) is 25.3 Å². The summed E-state index contributed by atoms with van der Waals surface area (Å²) in [6.45, 7) is 2.66. The average Bonchev–Trinajstić information content (AvgIpc) is 3.14. The Hall–Kier alpha value is -2.32. The van der Waals surface area contributed by atoms with Gasteiger partial charge >= 0.3 is 0 Å². The van der Waals surface area contributed by atoms with Gasteiger partial charge in [-0.1, -0.05) is 11.6 Å². The van der Waals surface area contributed by atoms with E-state index < -0.39 is 11.5 Å². The molecule has 8 nitrogen and oxygen atoms in total. The van der Waals surface area contributed by atoms with Gasteiger partial charge in [0.2, 0.25) is 0 Å².